The minimum absolute atomic E-state index is 0.119. The highest BCUT2D eigenvalue weighted by Crippen LogP contribution is 2.25. The summed E-state index contributed by atoms with van der Waals surface area (Å²) in [5.74, 6) is 0.694. The van der Waals surface area contributed by atoms with Gasteiger partial charge in [-0.3, -0.25) is 0 Å². The van der Waals surface area contributed by atoms with E-state index >= 15 is 0 Å². The molecule has 14 heavy (non-hydrogen) atoms. The second kappa shape index (κ2) is 4.79. The molecule has 1 rings (SSSR count). The van der Waals surface area contributed by atoms with Crippen LogP contribution in [0.15, 0.2) is 18.2 Å². The summed E-state index contributed by atoms with van der Waals surface area (Å²) in [6.07, 6.45) is 0. The maximum atomic E-state index is 11.9. The fraction of sp³-hybridized carbons (Fsp3) is 0.400. The van der Waals surface area contributed by atoms with Gasteiger partial charge in [-0.05, 0) is 25.5 Å². The normalized spacial score (nSPS) is 10.4. The zero-order valence-electron chi connectivity index (χ0n) is 8.09. The minimum atomic E-state index is -2.80. The van der Waals surface area contributed by atoms with E-state index in [2.05, 4.69) is 4.74 Å². The van der Waals surface area contributed by atoms with Gasteiger partial charge < -0.3 is 9.47 Å². The second-order valence-corrected chi connectivity index (χ2v) is 2.74. The molecule has 1 aromatic rings. The standard InChI is InChI=1S/C10H12F2O2/c1-3-13-9-6-8(14-10(11)12)5-4-7(9)2/h4-6,10H,3H2,1-2H3. The zero-order valence-corrected chi connectivity index (χ0v) is 8.09. The molecule has 0 aliphatic carbocycles. The predicted octanol–water partition coefficient (Wildman–Crippen LogP) is 3.00. The van der Waals surface area contributed by atoms with E-state index < -0.39 is 6.61 Å². The number of hydrogen-bond acceptors (Lipinski definition) is 2. The number of halogens is 2. The van der Waals surface area contributed by atoms with Crippen LogP contribution in [0.5, 0.6) is 11.5 Å². The molecule has 4 heteroatoms. The lowest BCUT2D eigenvalue weighted by atomic mass is 10.2. The Morgan fingerprint density at radius 2 is 2.07 bits per heavy atom. The first-order valence-electron chi connectivity index (χ1n) is 4.31. The molecule has 0 saturated heterocycles. The van der Waals surface area contributed by atoms with Crippen molar-refractivity contribution in [2.24, 2.45) is 0 Å². The van der Waals surface area contributed by atoms with E-state index in [9.17, 15) is 8.78 Å². The Kier molecular flexibility index (Phi) is 3.68. The van der Waals surface area contributed by atoms with Gasteiger partial charge in [0.05, 0.1) is 6.61 Å². The SMILES string of the molecule is CCOc1cc(OC(F)F)ccc1C. The van der Waals surface area contributed by atoms with Crippen LogP contribution in [0.4, 0.5) is 8.78 Å². The summed E-state index contributed by atoms with van der Waals surface area (Å²) in [6.45, 7) is 1.38. The van der Waals surface area contributed by atoms with Crippen molar-refractivity contribution in [3.05, 3.63) is 23.8 Å². The maximum absolute atomic E-state index is 11.9. The van der Waals surface area contributed by atoms with Crippen molar-refractivity contribution in [3.8, 4) is 11.5 Å². The van der Waals surface area contributed by atoms with Crippen LogP contribution < -0.4 is 9.47 Å². The summed E-state index contributed by atoms with van der Waals surface area (Å²) >= 11 is 0. The van der Waals surface area contributed by atoms with Crippen molar-refractivity contribution in [2.45, 2.75) is 20.5 Å². The van der Waals surface area contributed by atoms with E-state index in [0.29, 0.717) is 12.4 Å². The lowest BCUT2D eigenvalue weighted by molar-refractivity contribution is -0.0499. The number of aryl methyl sites for hydroxylation is 1. The van der Waals surface area contributed by atoms with Gasteiger partial charge in [-0.2, -0.15) is 8.78 Å². The molecular weight excluding hydrogens is 190 g/mol. The van der Waals surface area contributed by atoms with Crippen LogP contribution >= 0.6 is 0 Å². The van der Waals surface area contributed by atoms with Crippen LogP contribution in [0.1, 0.15) is 12.5 Å². The van der Waals surface area contributed by atoms with Crippen molar-refractivity contribution in [2.75, 3.05) is 6.61 Å². The first-order chi connectivity index (χ1) is 6.63. The van der Waals surface area contributed by atoms with E-state index in [4.69, 9.17) is 4.74 Å². The van der Waals surface area contributed by atoms with Gasteiger partial charge in [0.1, 0.15) is 11.5 Å². The molecule has 2 nitrogen and oxygen atoms in total. The Hall–Kier alpha value is -1.32. The van der Waals surface area contributed by atoms with Crippen LogP contribution in [0.3, 0.4) is 0 Å². The molecule has 0 aromatic heterocycles. The van der Waals surface area contributed by atoms with Crippen LogP contribution in [-0.2, 0) is 0 Å². The third-order valence-corrected chi connectivity index (χ3v) is 1.68. The summed E-state index contributed by atoms with van der Waals surface area (Å²) in [6, 6.07) is 4.64. The third kappa shape index (κ3) is 2.87. The molecule has 78 valence electrons. The van der Waals surface area contributed by atoms with Gasteiger partial charge in [-0.15, -0.1) is 0 Å². The van der Waals surface area contributed by atoms with Gasteiger partial charge in [-0.1, -0.05) is 6.07 Å². The van der Waals surface area contributed by atoms with Crippen LogP contribution in [-0.4, -0.2) is 13.2 Å². The Bertz CT molecular complexity index is 300. The molecule has 0 radical (unpaired) electrons. The van der Waals surface area contributed by atoms with Crippen molar-refractivity contribution in [1.29, 1.82) is 0 Å². The lowest BCUT2D eigenvalue weighted by Crippen LogP contribution is -2.02. The van der Waals surface area contributed by atoms with Crippen molar-refractivity contribution in [1.82, 2.24) is 0 Å². The van der Waals surface area contributed by atoms with Crippen molar-refractivity contribution in [3.63, 3.8) is 0 Å². The van der Waals surface area contributed by atoms with Crippen LogP contribution in [0.2, 0.25) is 0 Å². The molecule has 0 N–H and O–H groups in total. The number of benzene rings is 1. The average Bonchev–Trinajstić information content (AvgIpc) is 2.10. The monoisotopic (exact) mass is 202 g/mol. The van der Waals surface area contributed by atoms with E-state index in [0.717, 1.165) is 5.56 Å². The van der Waals surface area contributed by atoms with Gasteiger partial charge in [0.25, 0.3) is 0 Å². The molecule has 0 unspecified atom stereocenters. The topological polar surface area (TPSA) is 18.5 Å². The van der Waals surface area contributed by atoms with Gasteiger partial charge in [0, 0.05) is 6.07 Å². The van der Waals surface area contributed by atoms with E-state index in [-0.39, 0.29) is 5.75 Å². The Morgan fingerprint density at radius 3 is 2.64 bits per heavy atom. The van der Waals surface area contributed by atoms with Gasteiger partial charge in [0.2, 0.25) is 0 Å². The molecule has 0 spiro atoms. The number of ether oxygens (including phenoxy) is 2. The number of rotatable bonds is 4. The molecule has 0 aliphatic heterocycles. The van der Waals surface area contributed by atoms with Crippen molar-refractivity contribution < 1.29 is 18.3 Å². The Labute approximate surface area is 81.4 Å². The second-order valence-electron chi connectivity index (χ2n) is 2.74. The smallest absolute Gasteiger partial charge is 0.387 e. The predicted molar refractivity (Wildman–Crippen MR) is 49.0 cm³/mol. The minimum Gasteiger partial charge on any atom is -0.493 e. The van der Waals surface area contributed by atoms with Crippen LogP contribution in [0.25, 0.3) is 0 Å². The quantitative estimate of drug-likeness (QED) is 0.747. The first-order valence-corrected chi connectivity index (χ1v) is 4.31. The first kappa shape index (κ1) is 10.8. The summed E-state index contributed by atoms with van der Waals surface area (Å²) in [7, 11) is 0. The number of alkyl halides is 2. The van der Waals surface area contributed by atoms with Crippen molar-refractivity contribution >= 4 is 0 Å². The molecule has 0 heterocycles. The zero-order chi connectivity index (χ0) is 10.6. The van der Waals surface area contributed by atoms with E-state index in [1.807, 2.05) is 13.8 Å². The van der Waals surface area contributed by atoms with E-state index in [1.54, 1.807) is 6.07 Å². The Morgan fingerprint density at radius 1 is 1.36 bits per heavy atom. The average molecular weight is 202 g/mol. The van der Waals surface area contributed by atoms with E-state index in [1.165, 1.54) is 12.1 Å². The largest absolute Gasteiger partial charge is 0.493 e. The highest BCUT2D eigenvalue weighted by molar-refractivity contribution is 5.39. The molecule has 0 atom stereocenters. The molecule has 0 amide bonds. The fourth-order valence-corrected chi connectivity index (χ4v) is 1.07. The molecular formula is C10H12F2O2. The van der Waals surface area contributed by atoms with Gasteiger partial charge >= 0.3 is 6.61 Å². The van der Waals surface area contributed by atoms with Gasteiger partial charge in [0.15, 0.2) is 0 Å². The summed E-state index contributed by atoms with van der Waals surface area (Å²) in [5, 5.41) is 0. The highest BCUT2D eigenvalue weighted by atomic mass is 19.3. The summed E-state index contributed by atoms with van der Waals surface area (Å²) in [5.41, 5.74) is 0.897. The third-order valence-electron chi connectivity index (χ3n) is 1.68. The molecule has 0 fully saturated rings. The maximum Gasteiger partial charge on any atom is 0.387 e. The summed E-state index contributed by atoms with van der Waals surface area (Å²) < 4.78 is 33.2. The van der Waals surface area contributed by atoms with Crippen LogP contribution in [0, 0.1) is 6.92 Å². The highest BCUT2D eigenvalue weighted by Gasteiger charge is 2.06. The Balaban J connectivity index is 2.83. The molecule has 1 aromatic carbocycles. The van der Waals surface area contributed by atoms with Gasteiger partial charge in [-0.25, -0.2) is 0 Å². The molecule has 0 bridgehead atoms. The summed E-state index contributed by atoms with van der Waals surface area (Å²) in [4.78, 5) is 0. The molecule has 0 aliphatic rings. The lowest BCUT2D eigenvalue weighted by Gasteiger charge is -2.09. The number of hydrogen-bond donors (Lipinski definition) is 0. The molecule has 0 saturated carbocycles. The fourth-order valence-electron chi connectivity index (χ4n) is 1.07.